The molecule has 6 nitrogen and oxygen atoms in total. The highest BCUT2D eigenvalue weighted by molar-refractivity contribution is 14.0. The Morgan fingerprint density at radius 2 is 1.84 bits per heavy atom. The predicted octanol–water partition coefficient (Wildman–Crippen LogP) is 1.85. The second kappa shape index (κ2) is 10.5. The second-order valence-corrected chi connectivity index (χ2v) is 7.51. The van der Waals surface area contributed by atoms with Gasteiger partial charge in [0.05, 0.1) is 0 Å². The molecule has 1 atom stereocenters. The van der Waals surface area contributed by atoms with E-state index in [-0.39, 0.29) is 29.9 Å². The third kappa shape index (κ3) is 6.92. The number of nitrogens with one attached hydrogen (secondary N) is 3. The van der Waals surface area contributed by atoms with Gasteiger partial charge >= 0.3 is 0 Å². The molecule has 144 valence electrons. The molecule has 0 spiro atoms. The van der Waals surface area contributed by atoms with Crippen molar-refractivity contribution in [3.05, 3.63) is 0 Å². The van der Waals surface area contributed by atoms with Gasteiger partial charge in [0.1, 0.15) is 0 Å². The molecule has 3 fully saturated rings. The number of carbonyl (C=O) groups excluding carboxylic acids is 1. The van der Waals surface area contributed by atoms with E-state index in [9.17, 15) is 4.79 Å². The predicted molar refractivity (Wildman–Crippen MR) is 113 cm³/mol. The molecule has 25 heavy (non-hydrogen) atoms. The fourth-order valence-corrected chi connectivity index (χ4v) is 3.88. The van der Waals surface area contributed by atoms with Crippen LogP contribution in [-0.2, 0) is 4.79 Å². The van der Waals surface area contributed by atoms with Crippen LogP contribution >= 0.6 is 24.0 Å². The van der Waals surface area contributed by atoms with Crippen molar-refractivity contribution in [1.82, 2.24) is 20.9 Å². The fourth-order valence-electron chi connectivity index (χ4n) is 3.88. The molecule has 0 aromatic carbocycles. The van der Waals surface area contributed by atoms with Gasteiger partial charge in [-0.1, -0.05) is 12.8 Å². The molecular weight excluding hydrogens is 429 g/mol. The first-order valence-corrected chi connectivity index (χ1v) is 9.75. The minimum absolute atomic E-state index is 0. The van der Waals surface area contributed by atoms with Crippen molar-refractivity contribution in [3.63, 3.8) is 0 Å². The Morgan fingerprint density at radius 3 is 2.52 bits per heavy atom. The topological polar surface area (TPSA) is 68.8 Å². The van der Waals surface area contributed by atoms with Gasteiger partial charge in [0.2, 0.25) is 5.91 Å². The zero-order chi connectivity index (χ0) is 16.8. The Bertz CT molecular complexity index is 449. The van der Waals surface area contributed by atoms with Gasteiger partial charge in [-0.25, -0.2) is 0 Å². The summed E-state index contributed by atoms with van der Waals surface area (Å²) in [5.41, 5.74) is 0. The monoisotopic (exact) mass is 463 g/mol. The van der Waals surface area contributed by atoms with Crippen LogP contribution in [0.1, 0.15) is 57.8 Å². The summed E-state index contributed by atoms with van der Waals surface area (Å²) in [5, 5.41) is 9.92. The van der Waals surface area contributed by atoms with Crippen molar-refractivity contribution in [2.45, 2.75) is 75.9 Å². The van der Waals surface area contributed by atoms with Gasteiger partial charge < -0.3 is 16.0 Å². The van der Waals surface area contributed by atoms with Crippen molar-refractivity contribution in [3.8, 4) is 0 Å². The first-order chi connectivity index (χ1) is 11.7. The average Bonchev–Trinajstić information content (AvgIpc) is 3.05. The number of hydrogen-bond donors (Lipinski definition) is 3. The van der Waals surface area contributed by atoms with Gasteiger partial charge in [-0.15, -0.1) is 24.0 Å². The maximum Gasteiger partial charge on any atom is 0.220 e. The molecule has 7 heteroatoms. The van der Waals surface area contributed by atoms with Crippen LogP contribution in [0.2, 0.25) is 0 Å². The lowest BCUT2D eigenvalue weighted by Gasteiger charge is -2.24. The van der Waals surface area contributed by atoms with Crippen molar-refractivity contribution < 1.29 is 4.79 Å². The Kier molecular flexibility index (Phi) is 8.75. The Hall–Kier alpha value is -0.570. The molecule has 0 radical (unpaired) electrons. The van der Waals surface area contributed by atoms with E-state index in [1.165, 1.54) is 38.6 Å². The minimum atomic E-state index is 0. The van der Waals surface area contributed by atoms with Crippen LogP contribution < -0.4 is 16.0 Å². The molecule has 1 heterocycles. The normalized spacial score (nSPS) is 24.8. The van der Waals surface area contributed by atoms with Crippen molar-refractivity contribution in [1.29, 1.82) is 0 Å². The largest absolute Gasteiger partial charge is 0.356 e. The van der Waals surface area contributed by atoms with Crippen molar-refractivity contribution in [2.75, 3.05) is 26.7 Å². The molecule has 1 aliphatic heterocycles. The lowest BCUT2D eigenvalue weighted by molar-refractivity contribution is -0.121. The van der Waals surface area contributed by atoms with E-state index in [1.54, 1.807) is 0 Å². The number of rotatable bonds is 7. The van der Waals surface area contributed by atoms with Gasteiger partial charge in [0.15, 0.2) is 5.96 Å². The summed E-state index contributed by atoms with van der Waals surface area (Å²) in [7, 11) is 1.82. The molecule has 1 saturated heterocycles. The number of guanidine groups is 1. The van der Waals surface area contributed by atoms with E-state index in [4.69, 9.17) is 0 Å². The third-order valence-corrected chi connectivity index (χ3v) is 5.44. The van der Waals surface area contributed by atoms with E-state index >= 15 is 0 Å². The number of amides is 1. The second-order valence-electron chi connectivity index (χ2n) is 7.51. The van der Waals surface area contributed by atoms with E-state index in [0.717, 1.165) is 44.4 Å². The lowest BCUT2D eigenvalue weighted by Crippen LogP contribution is -2.45. The van der Waals surface area contributed by atoms with E-state index in [1.807, 2.05) is 7.05 Å². The molecule has 1 unspecified atom stereocenters. The highest BCUT2D eigenvalue weighted by Gasteiger charge is 2.30. The van der Waals surface area contributed by atoms with Crippen LogP contribution in [0, 0.1) is 0 Å². The number of halogens is 1. The number of nitrogens with zero attached hydrogens (tertiary/aromatic N) is 2. The minimum Gasteiger partial charge on any atom is -0.356 e. The molecule has 2 aliphatic carbocycles. The van der Waals surface area contributed by atoms with E-state index in [2.05, 4.69) is 25.8 Å². The summed E-state index contributed by atoms with van der Waals surface area (Å²) in [6.07, 6.45) is 10.5. The Balaban J connectivity index is 0.00000225. The van der Waals surface area contributed by atoms with Crippen molar-refractivity contribution in [2.24, 2.45) is 4.99 Å². The lowest BCUT2D eigenvalue weighted by atomic mass is 10.2. The van der Waals surface area contributed by atoms with Crippen LogP contribution in [0.15, 0.2) is 4.99 Å². The smallest absolute Gasteiger partial charge is 0.220 e. The first-order valence-electron chi connectivity index (χ1n) is 9.75. The fraction of sp³-hybridized carbons (Fsp3) is 0.889. The summed E-state index contributed by atoms with van der Waals surface area (Å²) in [6.45, 7) is 3.13. The molecule has 0 bridgehead atoms. The Morgan fingerprint density at radius 1 is 1.08 bits per heavy atom. The van der Waals surface area contributed by atoms with Crippen LogP contribution in [0.3, 0.4) is 0 Å². The van der Waals surface area contributed by atoms with Gasteiger partial charge in [0, 0.05) is 51.2 Å². The molecule has 2 saturated carbocycles. The molecule has 1 amide bonds. The average molecular weight is 463 g/mol. The summed E-state index contributed by atoms with van der Waals surface area (Å²) >= 11 is 0. The maximum absolute atomic E-state index is 11.7. The number of hydrogen-bond acceptors (Lipinski definition) is 3. The maximum atomic E-state index is 11.7. The van der Waals surface area contributed by atoms with Crippen molar-refractivity contribution >= 4 is 35.8 Å². The molecule has 0 aromatic heterocycles. The summed E-state index contributed by atoms with van der Waals surface area (Å²) in [4.78, 5) is 18.6. The van der Waals surface area contributed by atoms with Gasteiger partial charge in [-0.2, -0.15) is 0 Å². The highest BCUT2D eigenvalue weighted by Crippen LogP contribution is 2.26. The molecule has 0 aromatic rings. The van der Waals surface area contributed by atoms with Gasteiger partial charge in [-0.3, -0.25) is 14.7 Å². The molecule has 3 rings (SSSR count). The summed E-state index contributed by atoms with van der Waals surface area (Å²) in [6, 6.07) is 1.77. The van der Waals surface area contributed by atoms with Gasteiger partial charge in [0.25, 0.3) is 0 Å². The van der Waals surface area contributed by atoms with Crippen LogP contribution in [0.4, 0.5) is 0 Å². The summed E-state index contributed by atoms with van der Waals surface area (Å²) in [5.74, 6) is 1.06. The zero-order valence-electron chi connectivity index (χ0n) is 15.4. The standard InChI is InChI=1S/C18H33N5O.HI/c1-19-18(20-11-4-7-17(24)21-14-8-9-14)22-15-10-12-23(13-15)16-5-2-3-6-16;/h14-16H,2-13H2,1H3,(H,21,24)(H2,19,20,22);1H. The van der Waals surface area contributed by atoms with Crippen LogP contribution in [0.25, 0.3) is 0 Å². The first kappa shape index (κ1) is 20.7. The SMILES string of the molecule is CN=C(NCCCC(=O)NC1CC1)NC1CCN(C2CCCC2)C1.I. The molecular formula is C18H34IN5O. The van der Waals surface area contributed by atoms with E-state index in [0.29, 0.717) is 18.5 Å². The van der Waals surface area contributed by atoms with Crippen LogP contribution in [0.5, 0.6) is 0 Å². The Labute approximate surface area is 169 Å². The quantitative estimate of drug-likeness (QED) is 0.233. The number of carbonyl (C=O) groups is 1. The number of likely N-dealkylation sites (tertiary alicyclic amines) is 1. The zero-order valence-corrected chi connectivity index (χ0v) is 17.8. The number of aliphatic imine (C=N–C) groups is 1. The highest BCUT2D eigenvalue weighted by atomic mass is 127. The van der Waals surface area contributed by atoms with Crippen LogP contribution in [-0.4, -0.2) is 61.6 Å². The third-order valence-electron chi connectivity index (χ3n) is 5.44. The molecule has 3 N–H and O–H groups in total. The van der Waals surface area contributed by atoms with E-state index < -0.39 is 0 Å². The van der Waals surface area contributed by atoms with Gasteiger partial charge in [-0.05, 0) is 38.5 Å². The summed E-state index contributed by atoms with van der Waals surface area (Å²) < 4.78 is 0. The molecule has 3 aliphatic rings.